The van der Waals surface area contributed by atoms with Crippen LogP contribution in [0.25, 0.3) is 0 Å². The number of nitrogens with zero attached hydrogens (tertiary/aromatic N) is 1. The maximum atomic E-state index is 13.7. The Morgan fingerprint density at radius 1 is 1.16 bits per heavy atom. The molecule has 2 aliphatic rings. The second-order valence-corrected chi connectivity index (χ2v) is 10.4. The van der Waals surface area contributed by atoms with E-state index in [2.05, 4.69) is 4.74 Å². The van der Waals surface area contributed by atoms with Crippen molar-refractivity contribution in [3.05, 3.63) is 0 Å². The standard InChI is InChI=1S/C17H26F6N2O6S/c1-14(18,17(21,22)23)16(19,20)11-31-10-12-2-6-25(7-3-12)32(28,29)15(13(26)24-27)4-8-30-9-5-15/h12,27H,2-11H2,1H3,(H,24,26). The SMILES string of the molecule is CC(F)(C(F)(F)F)C(F)(F)COCC1CCN(S(=O)(=O)C2(C(=O)NO)CCOCC2)CC1. The van der Waals surface area contributed by atoms with Crippen molar-refractivity contribution >= 4 is 15.9 Å². The number of ether oxygens (including phenoxy) is 2. The van der Waals surface area contributed by atoms with Gasteiger partial charge in [0.2, 0.25) is 10.0 Å². The van der Waals surface area contributed by atoms with Gasteiger partial charge in [0.05, 0.1) is 0 Å². The number of rotatable bonds is 8. The highest BCUT2D eigenvalue weighted by Gasteiger charge is 2.68. The van der Waals surface area contributed by atoms with Crippen molar-refractivity contribution < 1.29 is 54.2 Å². The Morgan fingerprint density at radius 2 is 1.69 bits per heavy atom. The molecule has 1 amide bonds. The van der Waals surface area contributed by atoms with E-state index in [-0.39, 0.29) is 58.9 Å². The van der Waals surface area contributed by atoms with E-state index >= 15 is 0 Å². The molecule has 32 heavy (non-hydrogen) atoms. The molecule has 188 valence electrons. The van der Waals surface area contributed by atoms with Crippen LogP contribution in [-0.4, -0.2) is 85.9 Å². The fraction of sp³-hybridized carbons (Fsp3) is 0.941. The van der Waals surface area contributed by atoms with Crippen molar-refractivity contribution in [3.63, 3.8) is 0 Å². The van der Waals surface area contributed by atoms with Crippen molar-refractivity contribution in [1.82, 2.24) is 9.79 Å². The number of carbonyl (C=O) groups is 1. The van der Waals surface area contributed by atoms with E-state index in [1.54, 1.807) is 0 Å². The van der Waals surface area contributed by atoms with Gasteiger partial charge in [0.1, 0.15) is 6.61 Å². The fourth-order valence-corrected chi connectivity index (χ4v) is 5.81. The first-order chi connectivity index (χ1) is 14.6. The smallest absolute Gasteiger partial charge is 0.381 e. The summed E-state index contributed by atoms with van der Waals surface area (Å²) in [6.07, 6.45) is -5.85. The maximum absolute atomic E-state index is 13.7. The summed E-state index contributed by atoms with van der Waals surface area (Å²) < 4.78 is 114. The van der Waals surface area contributed by atoms with Gasteiger partial charge >= 0.3 is 12.1 Å². The zero-order valence-electron chi connectivity index (χ0n) is 17.3. The molecule has 2 rings (SSSR count). The Balaban J connectivity index is 1.95. The van der Waals surface area contributed by atoms with Crippen LogP contribution in [0.15, 0.2) is 0 Å². The first-order valence-corrected chi connectivity index (χ1v) is 11.3. The van der Waals surface area contributed by atoms with Crippen LogP contribution in [0.4, 0.5) is 26.3 Å². The quantitative estimate of drug-likeness (QED) is 0.300. The Kier molecular flexibility index (Phi) is 8.13. The van der Waals surface area contributed by atoms with Gasteiger partial charge < -0.3 is 9.47 Å². The Morgan fingerprint density at radius 3 is 2.16 bits per heavy atom. The molecule has 2 aliphatic heterocycles. The van der Waals surface area contributed by atoms with E-state index < -0.39 is 57.6 Å². The van der Waals surface area contributed by atoms with E-state index in [9.17, 15) is 39.6 Å². The lowest BCUT2D eigenvalue weighted by molar-refractivity contribution is -0.304. The molecule has 0 aliphatic carbocycles. The Labute approximate surface area is 181 Å². The lowest BCUT2D eigenvalue weighted by Crippen LogP contribution is -2.60. The molecule has 1 atom stereocenters. The molecule has 2 N–H and O–H groups in total. The molecular formula is C17H26F6N2O6S. The van der Waals surface area contributed by atoms with Crippen LogP contribution < -0.4 is 5.48 Å². The number of amides is 1. The number of piperidine rings is 1. The second kappa shape index (κ2) is 9.60. The van der Waals surface area contributed by atoms with Gasteiger partial charge in [0, 0.05) is 45.8 Å². The summed E-state index contributed by atoms with van der Waals surface area (Å²) >= 11 is 0. The molecule has 0 radical (unpaired) electrons. The van der Waals surface area contributed by atoms with E-state index in [4.69, 9.17) is 9.94 Å². The summed E-state index contributed by atoms with van der Waals surface area (Å²) in [7, 11) is -4.22. The summed E-state index contributed by atoms with van der Waals surface area (Å²) in [5, 5.41) is 9.03. The van der Waals surface area contributed by atoms with Gasteiger partial charge in [-0.25, -0.2) is 31.4 Å². The van der Waals surface area contributed by atoms with E-state index in [1.807, 2.05) is 0 Å². The predicted molar refractivity (Wildman–Crippen MR) is 97.3 cm³/mol. The third-order valence-electron chi connectivity index (χ3n) is 6.08. The number of nitrogens with one attached hydrogen (secondary N) is 1. The Hall–Kier alpha value is -1.16. The molecule has 1 unspecified atom stereocenters. The monoisotopic (exact) mass is 500 g/mol. The molecule has 0 bridgehead atoms. The zero-order chi connectivity index (χ0) is 24.4. The topological polar surface area (TPSA) is 105 Å². The minimum absolute atomic E-state index is 0.00339. The second-order valence-electron chi connectivity index (χ2n) is 8.12. The molecule has 2 saturated heterocycles. The minimum atomic E-state index is -5.78. The van der Waals surface area contributed by atoms with Gasteiger partial charge in [-0.3, -0.25) is 10.0 Å². The number of alkyl halides is 6. The van der Waals surface area contributed by atoms with Crippen molar-refractivity contribution in [2.75, 3.05) is 39.5 Å². The molecule has 0 aromatic heterocycles. The van der Waals surface area contributed by atoms with Crippen LogP contribution in [0.1, 0.15) is 32.6 Å². The molecule has 2 heterocycles. The average molecular weight is 500 g/mol. The molecular weight excluding hydrogens is 474 g/mol. The van der Waals surface area contributed by atoms with Crippen LogP contribution in [0.2, 0.25) is 0 Å². The van der Waals surface area contributed by atoms with Crippen LogP contribution in [0.3, 0.4) is 0 Å². The first kappa shape index (κ1) is 27.1. The van der Waals surface area contributed by atoms with Gasteiger partial charge in [0.25, 0.3) is 11.6 Å². The van der Waals surface area contributed by atoms with Gasteiger partial charge in [-0.2, -0.15) is 13.2 Å². The van der Waals surface area contributed by atoms with Gasteiger partial charge in [-0.1, -0.05) is 0 Å². The van der Waals surface area contributed by atoms with Crippen molar-refractivity contribution in [2.45, 2.75) is 55.1 Å². The van der Waals surface area contributed by atoms with Crippen LogP contribution >= 0.6 is 0 Å². The molecule has 0 saturated carbocycles. The zero-order valence-corrected chi connectivity index (χ0v) is 18.1. The molecule has 8 nitrogen and oxygen atoms in total. The van der Waals surface area contributed by atoms with Crippen LogP contribution in [0.5, 0.6) is 0 Å². The average Bonchev–Trinajstić information content (AvgIpc) is 2.72. The lowest BCUT2D eigenvalue weighted by Gasteiger charge is -2.40. The first-order valence-electron chi connectivity index (χ1n) is 9.85. The van der Waals surface area contributed by atoms with Crippen LogP contribution in [0, 0.1) is 5.92 Å². The highest BCUT2D eigenvalue weighted by atomic mass is 32.2. The summed E-state index contributed by atoms with van der Waals surface area (Å²) in [5.41, 5.74) is -3.37. The summed E-state index contributed by atoms with van der Waals surface area (Å²) in [6, 6.07) is 0. The predicted octanol–water partition coefficient (Wildman–Crippen LogP) is 2.03. The van der Waals surface area contributed by atoms with Crippen LogP contribution in [-0.2, 0) is 24.3 Å². The molecule has 15 heteroatoms. The van der Waals surface area contributed by atoms with Gasteiger partial charge in [-0.05, 0) is 25.7 Å². The fourth-order valence-electron chi connectivity index (χ4n) is 3.67. The van der Waals surface area contributed by atoms with E-state index in [0.717, 1.165) is 4.31 Å². The number of hydroxylamine groups is 1. The van der Waals surface area contributed by atoms with E-state index in [1.165, 1.54) is 5.48 Å². The summed E-state index contributed by atoms with van der Waals surface area (Å²) in [6.45, 7) is -2.62. The third-order valence-corrected chi connectivity index (χ3v) is 8.71. The number of carbonyl (C=O) groups excluding carboxylic acids is 1. The van der Waals surface area contributed by atoms with Gasteiger partial charge in [-0.15, -0.1) is 0 Å². The summed E-state index contributed by atoms with van der Waals surface area (Å²) in [5.74, 6) is -6.33. The highest BCUT2D eigenvalue weighted by Crippen LogP contribution is 2.45. The largest absolute Gasteiger partial charge is 0.428 e. The van der Waals surface area contributed by atoms with Crippen molar-refractivity contribution in [3.8, 4) is 0 Å². The highest BCUT2D eigenvalue weighted by molar-refractivity contribution is 7.91. The number of sulfonamides is 1. The van der Waals surface area contributed by atoms with Crippen molar-refractivity contribution in [2.24, 2.45) is 5.92 Å². The molecule has 0 spiro atoms. The van der Waals surface area contributed by atoms with Crippen molar-refractivity contribution in [1.29, 1.82) is 0 Å². The lowest BCUT2D eigenvalue weighted by atomic mass is 9.98. The summed E-state index contributed by atoms with van der Waals surface area (Å²) in [4.78, 5) is 12.2. The van der Waals surface area contributed by atoms with Gasteiger partial charge in [0.15, 0.2) is 4.75 Å². The number of halogens is 6. The number of hydrogen-bond acceptors (Lipinski definition) is 6. The molecule has 0 aromatic rings. The van der Waals surface area contributed by atoms with E-state index in [0.29, 0.717) is 0 Å². The molecule has 0 aromatic carbocycles. The third kappa shape index (κ3) is 5.00. The maximum Gasteiger partial charge on any atom is 0.428 e. The molecule has 2 fully saturated rings. The normalized spacial score (nSPS) is 23.5. The Bertz CT molecular complexity index is 762. The number of hydrogen-bond donors (Lipinski definition) is 2. The minimum Gasteiger partial charge on any atom is -0.381 e.